The molecule has 3 rings (SSSR count). The number of nitrogens with one attached hydrogen (secondary N) is 1. The van der Waals surface area contributed by atoms with E-state index < -0.39 is 0 Å². The predicted molar refractivity (Wildman–Crippen MR) is 82.5 cm³/mol. The maximum Gasteiger partial charge on any atom is 0.119 e. The summed E-state index contributed by atoms with van der Waals surface area (Å²) in [4.78, 5) is 0. The molecule has 2 nitrogen and oxygen atoms in total. The molecule has 0 aromatic heterocycles. The Bertz CT molecular complexity index is 583. The molecule has 0 unspecified atom stereocenters. The molecule has 0 amide bonds. The zero-order valence-corrected chi connectivity index (χ0v) is 12.1. The summed E-state index contributed by atoms with van der Waals surface area (Å²) in [5, 5.41) is 4.24. The fourth-order valence-corrected chi connectivity index (χ4v) is 2.88. The molecule has 3 heteroatoms. The lowest BCUT2D eigenvalue weighted by Crippen LogP contribution is -2.16. The van der Waals surface area contributed by atoms with Crippen LogP contribution in [0.4, 0.5) is 0 Å². The Hall–Kier alpha value is -1.51. The normalized spacial score (nSPS) is 14.4. The molecule has 0 aliphatic carbocycles. The van der Waals surface area contributed by atoms with E-state index in [2.05, 4.69) is 11.4 Å². The molecule has 0 atom stereocenters. The Labute approximate surface area is 124 Å². The van der Waals surface area contributed by atoms with Gasteiger partial charge in [0.25, 0.3) is 0 Å². The minimum Gasteiger partial charge on any atom is -0.489 e. The molecule has 1 N–H and O–H groups in total. The second-order valence-corrected chi connectivity index (χ2v) is 5.42. The Morgan fingerprint density at radius 3 is 2.65 bits per heavy atom. The van der Waals surface area contributed by atoms with E-state index in [4.69, 9.17) is 16.3 Å². The van der Waals surface area contributed by atoms with Crippen molar-refractivity contribution in [3.8, 4) is 5.75 Å². The first-order valence-corrected chi connectivity index (χ1v) is 7.40. The Morgan fingerprint density at radius 2 is 1.80 bits per heavy atom. The van der Waals surface area contributed by atoms with Crippen molar-refractivity contribution in [3.05, 3.63) is 64.2 Å². The summed E-state index contributed by atoms with van der Waals surface area (Å²) < 4.78 is 5.87. The lowest BCUT2D eigenvalue weighted by Gasteiger charge is -2.15. The van der Waals surface area contributed by atoms with Crippen LogP contribution < -0.4 is 10.1 Å². The molecule has 0 bridgehead atoms. The average molecular weight is 288 g/mol. The Balaban J connectivity index is 1.85. The van der Waals surface area contributed by atoms with Crippen molar-refractivity contribution in [2.24, 2.45) is 0 Å². The predicted octanol–water partition coefficient (Wildman–Crippen LogP) is 3.61. The minimum absolute atomic E-state index is 0.534. The molecule has 1 aliphatic heterocycles. The third-order valence-electron chi connectivity index (χ3n) is 3.72. The molecule has 0 fully saturated rings. The van der Waals surface area contributed by atoms with Crippen LogP contribution in [-0.2, 0) is 19.4 Å². The van der Waals surface area contributed by atoms with Crippen molar-refractivity contribution in [3.63, 3.8) is 0 Å². The van der Waals surface area contributed by atoms with Gasteiger partial charge in [0.2, 0.25) is 0 Å². The van der Waals surface area contributed by atoms with E-state index in [1.54, 1.807) is 0 Å². The molecular formula is C17H18ClNO. The second-order valence-electron chi connectivity index (χ2n) is 5.02. The van der Waals surface area contributed by atoms with Crippen LogP contribution in [0.25, 0.3) is 0 Å². The largest absolute Gasteiger partial charge is 0.489 e. The van der Waals surface area contributed by atoms with Crippen LogP contribution in [0.2, 0.25) is 5.02 Å². The molecular weight excluding hydrogens is 270 g/mol. The van der Waals surface area contributed by atoms with Crippen molar-refractivity contribution in [1.29, 1.82) is 0 Å². The summed E-state index contributed by atoms with van der Waals surface area (Å²) in [5.74, 6) is 0.882. The van der Waals surface area contributed by atoms with Gasteiger partial charge in [-0.25, -0.2) is 0 Å². The summed E-state index contributed by atoms with van der Waals surface area (Å²) >= 11 is 6.38. The number of ether oxygens (including phenoxy) is 1. The maximum absolute atomic E-state index is 6.38. The van der Waals surface area contributed by atoms with E-state index in [1.165, 1.54) is 11.1 Å². The maximum atomic E-state index is 6.38. The number of halogens is 1. The van der Waals surface area contributed by atoms with Gasteiger partial charge in [0.05, 0.1) is 0 Å². The summed E-state index contributed by atoms with van der Waals surface area (Å²) in [6, 6.07) is 14.0. The molecule has 20 heavy (non-hydrogen) atoms. The number of fused-ring (bicyclic) bond motifs is 1. The van der Waals surface area contributed by atoms with Crippen LogP contribution in [0.5, 0.6) is 5.75 Å². The topological polar surface area (TPSA) is 21.3 Å². The van der Waals surface area contributed by atoms with E-state index in [0.717, 1.165) is 42.3 Å². The zero-order chi connectivity index (χ0) is 13.8. The molecule has 1 heterocycles. The van der Waals surface area contributed by atoms with E-state index in [9.17, 15) is 0 Å². The second kappa shape index (κ2) is 6.29. The van der Waals surface area contributed by atoms with Crippen LogP contribution in [0.3, 0.4) is 0 Å². The number of hydrogen-bond donors (Lipinski definition) is 1. The third-order valence-corrected chi connectivity index (χ3v) is 4.07. The first-order chi connectivity index (χ1) is 9.84. The van der Waals surface area contributed by atoms with Gasteiger partial charge in [0.1, 0.15) is 12.4 Å². The van der Waals surface area contributed by atoms with E-state index in [0.29, 0.717) is 6.61 Å². The van der Waals surface area contributed by atoms with E-state index >= 15 is 0 Å². The van der Waals surface area contributed by atoms with Gasteiger partial charge in [-0.1, -0.05) is 35.9 Å². The van der Waals surface area contributed by atoms with Crippen LogP contribution >= 0.6 is 11.6 Å². The highest BCUT2D eigenvalue weighted by Gasteiger charge is 2.15. The van der Waals surface area contributed by atoms with Crippen molar-refractivity contribution in [2.45, 2.75) is 19.4 Å². The standard InChI is InChI=1S/C17H18ClNO/c18-17-7-6-13-8-10-19-11-9-15(13)16(17)12-20-14-4-2-1-3-5-14/h1-7,19H,8-12H2. The van der Waals surface area contributed by atoms with Crippen molar-refractivity contribution in [1.82, 2.24) is 5.32 Å². The zero-order valence-electron chi connectivity index (χ0n) is 11.4. The Morgan fingerprint density at radius 1 is 1.00 bits per heavy atom. The molecule has 0 saturated carbocycles. The summed E-state index contributed by atoms with van der Waals surface area (Å²) in [7, 11) is 0. The van der Waals surface area contributed by atoms with Gasteiger partial charge in [0.15, 0.2) is 0 Å². The summed E-state index contributed by atoms with van der Waals surface area (Å²) in [6.45, 7) is 2.57. The molecule has 1 aliphatic rings. The van der Waals surface area contributed by atoms with Crippen LogP contribution in [0.1, 0.15) is 16.7 Å². The quantitative estimate of drug-likeness (QED) is 0.931. The van der Waals surface area contributed by atoms with E-state index in [-0.39, 0.29) is 0 Å². The van der Waals surface area contributed by atoms with Gasteiger partial charge in [0, 0.05) is 10.6 Å². The average Bonchev–Trinajstić information content (AvgIpc) is 2.73. The van der Waals surface area contributed by atoms with Gasteiger partial charge in [-0.2, -0.15) is 0 Å². The van der Waals surface area contributed by atoms with Crippen molar-refractivity contribution < 1.29 is 4.74 Å². The first kappa shape index (κ1) is 13.5. The van der Waals surface area contributed by atoms with Gasteiger partial charge < -0.3 is 10.1 Å². The molecule has 2 aromatic carbocycles. The first-order valence-electron chi connectivity index (χ1n) is 7.02. The van der Waals surface area contributed by atoms with Gasteiger partial charge >= 0.3 is 0 Å². The number of benzene rings is 2. The lowest BCUT2D eigenvalue weighted by atomic mass is 9.97. The highest BCUT2D eigenvalue weighted by Crippen LogP contribution is 2.27. The van der Waals surface area contributed by atoms with Crippen LogP contribution in [0.15, 0.2) is 42.5 Å². The van der Waals surface area contributed by atoms with E-state index in [1.807, 2.05) is 36.4 Å². The van der Waals surface area contributed by atoms with Gasteiger partial charge in [-0.05, 0) is 55.3 Å². The highest BCUT2D eigenvalue weighted by molar-refractivity contribution is 6.31. The fraction of sp³-hybridized carbons (Fsp3) is 0.294. The highest BCUT2D eigenvalue weighted by atomic mass is 35.5. The monoisotopic (exact) mass is 287 g/mol. The Kier molecular flexibility index (Phi) is 4.24. The molecule has 0 radical (unpaired) electrons. The van der Waals surface area contributed by atoms with Crippen LogP contribution in [-0.4, -0.2) is 13.1 Å². The number of para-hydroxylation sites is 1. The smallest absolute Gasteiger partial charge is 0.119 e. The van der Waals surface area contributed by atoms with Gasteiger partial charge in [-0.3, -0.25) is 0 Å². The summed E-state index contributed by atoms with van der Waals surface area (Å²) in [5.41, 5.74) is 3.89. The third kappa shape index (κ3) is 2.97. The van der Waals surface area contributed by atoms with Crippen LogP contribution in [0, 0.1) is 0 Å². The lowest BCUT2D eigenvalue weighted by molar-refractivity contribution is 0.305. The summed E-state index contributed by atoms with van der Waals surface area (Å²) in [6.07, 6.45) is 2.08. The van der Waals surface area contributed by atoms with Gasteiger partial charge in [-0.15, -0.1) is 0 Å². The molecule has 0 saturated heterocycles. The fourth-order valence-electron chi connectivity index (χ4n) is 2.65. The SMILES string of the molecule is Clc1ccc2c(c1COc1ccccc1)CCNCC2. The molecule has 0 spiro atoms. The molecule has 104 valence electrons. The number of rotatable bonds is 3. The van der Waals surface area contributed by atoms with Crippen molar-refractivity contribution >= 4 is 11.6 Å². The number of hydrogen-bond acceptors (Lipinski definition) is 2. The van der Waals surface area contributed by atoms with Crippen molar-refractivity contribution in [2.75, 3.05) is 13.1 Å². The minimum atomic E-state index is 0.534. The molecule has 2 aromatic rings.